The van der Waals surface area contributed by atoms with E-state index in [1.807, 2.05) is 13.0 Å². The van der Waals surface area contributed by atoms with Crippen molar-refractivity contribution in [3.8, 4) is 0 Å². The van der Waals surface area contributed by atoms with Crippen molar-refractivity contribution in [3.63, 3.8) is 0 Å². The average Bonchev–Trinajstić information content (AvgIpc) is 3.14. The molecule has 20 heavy (non-hydrogen) atoms. The molecule has 2 heterocycles. The van der Waals surface area contributed by atoms with Crippen molar-refractivity contribution in [1.82, 2.24) is 14.9 Å². The van der Waals surface area contributed by atoms with Gasteiger partial charge in [0.15, 0.2) is 5.76 Å². The lowest BCUT2D eigenvalue weighted by atomic mass is 10.3. The first kappa shape index (κ1) is 13.2. The Kier molecular flexibility index (Phi) is 3.48. The Morgan fingerprint density at radius 3 is 3.00 bits per heavy atom. The van der Waals surface area contributed by atoms with E-state index in [0.29, 0.717) is 35.5 Å². The molecule has 0 spiro atoms. The minimum Gasteiger partial charge on any atom is -0.372 e. The molecule has 1 fully saturated rings. The van der Waals surface area contributed by atoms with E-state index in [0.717, 1.165) is 18.5 Å². The van der Waals surface area contributed by atoms with Gasteiger partial charge in [-0.05, 0) is 25.7 Å². The maximum absolute atomic E-state index is 12.3. The van der Waals surface area contributed by atoms with Crippen LogP contribution in [-0.2, 0) is 13.1 Å². The molecule has 3 rings (SSSR count). The molecular weight excluding hydrogens is 280 g/mol. The molecule has 1 N–H and O–H groups in total. The Labute approximate surface area is 120 Å². The van der Waals surface area contributed by atoms with Gasteiger partial charge < -0.3 is 9.84 Å². The predicted octanol–water partition coefficient (Wildman–Crippen LogP) is 2.22. The fourth-order valence-electron chi connectivity index (χ4n) is 1.98. The second-order valence-electron chi connectivity index (χ2n) is 5.09. The molecule has 1 aliphatic rings. The number of aryl methyl sites for hydroxylation is 1. The molecule has 0 atom stereocenters. The van der Waals surface area contributed by atoms with Crippen LogP contribution in [0.15, 0.2) is 21.6 Å². The second-order valence-corrected chi connectivity index (χ2v) is 5.49. The lowest BCUT2D eigenvalue weighted by molar-refractivity contribution is 0.384. The van der Waals surface area contributed by atoms with Crippen molar-refractivity contribution in [2.75, 3.05) is 5.32 Å². The van der Waals surface area contributed by atoms with Crippen LogP contribution in [0.1, 0.15) is 24.3 Å². The number of anilines is 1. The van der Waals surface area contributed by atoms with Crippen LogP contribution in [0.3, 0.4) is 0 Å². The molecular formula is C13H15ClN4O2. The van der Waals surface area contributed by atoms with Gasteiger partial charge in [-0.1, -0.05) is 16.8 Å². The van der Waals surface area contributed by atoms with Crippen LogP contribution in [0.25, 0.3) is 0 Å². The summed E-state index contributed by atoms with van der Waals surface area (Å²) in [4.78, 5) is 12.3. The van der Waals surface area contributed by atoms with Crippen molar-refractivity contribution in [2.24, 2.45) is 5.92 Å². The molecule has 6 nitrogen and oxygen atoms in total. The van der Waals surface area contributed by atoms with Crippen molar-refractivity contribution in [3.05, 3.63) is 39.1 Å². The van der Waals surface area contributed by atoms with Crippen LogP contribution < -0.4 is 10.9 Å². The molecule has 2 aromatic rings. The second kappa shape index (κ2) is 5.28. The van der Waals surface area contributed by atoms with Gasteiger partial charge in [-0.25, -0.2) is 4.68 Å². The van der Waals surface area contributed by atoms with Crippen LogP contribution in [0.5, 0.6) is 0 Å². The highest BCUT2D eigenvalue weighted by Gasteiger charge is 2.23. The average molecular weight is 295 g/mol. The topological polar surface area (TPSA) is 73.0 Å². The van der Waals surface area contributed by atoms with Crippen LogP contribution in [0.2, 0.25) is 5.02 Å². The summed E-state index contributed by atoms with van der Waals surface area (Å²) >= 11 is 6.04. The third-order valence-electron chi connectivity index (χ3n) is 3.24. The zero-order valence-corrected chi connectivity index (χ0v) is 11.9. The summed E-state index contributed by atoms with van der Waals surface area (Å²) in [5, 5.41) is 11.2. The lowest BCUT2D eigenvalue weighted by Gasteiger charge is -2.09. The van der Waals surface area contributed by atoms with Gasteiger partial charge in [-0.15, -0.1) is 0 Å². The minimum atomic E-state index is -0.194. The maximum atomic E-state index is 12.3. The minimum absolute atomic E-state index is 0.194. The Balaban J connectivity index is 1.78. The fraction of sp³-hybridized carbons (Fsp3) is 0.462. The summed E-state index contributed by atoms with van der Waals surface area (Å²) in [6, 6.07) is 1.81. The van der Waals surface area contributed by atoms with Crippen LogP contribution >= 0.6 is 11.6 Å². The van der Waals surface area contributed by atoms with E-state index < -0.39 is 0 Å². The standard InChI is InChI=1S/C13H15ClN4O2/c1-8-4-10(20-17-8)5-15-12-11(14)6-16-18(13(12)19)7-9-2-3-9/h4,6,9,15H,2-3,5,7H2,1H3. The van der Waals surface area contributed by atoms with Crippen molar-refractivity contribution >= 4 is 17.3 Å². The van der Waals surface area contributed by atoms with Gasteiger partial charge >= 0.3 is 0 Å². The van der Waals surface area contributed by atoms with E-state index in [-0.39, 0.29) is 5.56 Å². The van der Waals surface area contributed by atoms with Gasteiger partial charge in [0.05, 0.1) is 23.5 Å². The quantitative estimate of drug-likeness (QED) is 0.915. The predicted molar refractivity (Wildman–Crippen MR) is 74.8 cm³/mol. The maximum Gasteiger partial charge on any atom is 0.291 e. The summed E-state index contributed by atoms with van der Waals surface area (Å²) in [5.74, 6) is 1.23. The van der Waals surface area contributed by atoms with Gasteiger partial charge in [0.1, 0.15) is 5.69 Å². The SMILES string of the molecule is Cc1cc(CNc2c(Cl)cnn(CC3CC3)c2=O)on1. The fourth-order valence-corrected chi connectivity index (χ4v) is 2.17. The molecule has 0 aromatic carbocycles. The summed E-state index contributed by atoms with van der Waals surface area (Å²) < 4.78 is 6.56. The van der Waals surface area contributed by atoms with Gasteiger partial charge in [0.25, 0.3) is 5.56 Å². The van der Waals surface area contributed by atoms with E-state index in [1.54, 1.807) is 0 Å². The molecule has 1 saturated carbocycles. The number of hydrogen-bond donors (Lipinski definition) is 1. The largest absolute Gasteiger partial charge is 0.372 e. The molecule has 0 unspecified atom stereocenters. The molecule has 0 radical (unpaired) electrons. The molecule has 0 aliphatic heterocycles. The lowest BCUT2D eigenvalue weighted by Crippen LogP contribution is -2.26. The van der Waals surface area contributed by atoms with E-state index in [4.69, 9.17) is 16.1 Å². The molecule has 106 valence electrons. The number of aromatic nitrogens is 3. The van der Waals surface area contributed by atoms with Crippen molar-refractivity contribution in [2.45, 2.75) is 32.9 Å². The molecule has 0 amide bonds. The van der Waals surface area contributed by atoms with E-state index in [9.17, 15) is 4.79 Å². The first-order valence-corrected chi connectivity index (χ1v) is 6.93. The summed E-state index contributed by atoms with van der Waals surface area (Å²) in [6.45, 7) is 2.87. The Hall–Kier alpha value is -1.82. The van der Waals surface area contributed by atoms with Crippen molar-refractivity contribution < 1.29 is 4.52 Å². The number of rotatable bonds is 5. The van der Waals surface area contributed by atoms with Crippen LogP contribution in [-0.4, -0.2) is 14.9 Å². The highest BCUT2D eigenvalue weighted by Crippen LogP contribution is 2.30. The highest BCUT2D eigenvalue weighted by atomic mass is 35.5. The molecule has 0 bridgehead atoms. The van der Waals surface area contributed by atoms with Gasteiger partial charge in [0, 0.05) is 12.6 Å². The van der Waals surface area contributed by atoms with E-state index in [1.165, 1.54) is 10.9 Å². The number of nitrogens with zero attached hydrogens (tertiary/aromatic N) is 3. The smallest absolute Gasteiger partial charge is 0.291 e. The zero-order chi connectivity index (χ0) is 14.1. The monoisotopic (exact) mass is 294 g/mol. The first-order chi connectivity index (χ1) is 9.63. The van der Waals surface area contributed by atoms with Crippen LogP contribution in [0, 0.1) is 12.8 Å². The number of hydrogen-bond acceptors (Lipinski definition) is 5. The third-order valence-corrected chi connectivity index (χ3v) is 3.53. The Bertz CT molecular complexity index is 675. The Morgan fingerprint density at radius 2 is 2.35 bits per heavy atom. The van der Waals surface area contributed by atoms with Crippen LogP contribution in [0.4, 0.5) is 5.69 Å². The van der Waals surface area contributed by atoms with Gasteiger partial charge in [-0.2, -0.15) is 5.10 Å². The number of nitrogens with one attached hydrogen (secondary N) is 1. The van der Waals surface area contributed by atoms with Gasteiger partial charge in [0.2, 0.25) is 0 Å². The first-order valence-electron chi connectivity index (χ1n) is 6.55. The van der Waals surface area contributed by atoms with Crippen molar-refractivity contribution in [1.29, 1.82) is 0 Å². The molecule has 7 heteroatoms. The summed E-state index contributed by atoms with van der Waals surface area (Å²) in [5.41, 5.74) is 0.964. The normalized spacial score (nSPS) is 14.5. The van der Waals surface area contributed by atoms with Gasteiger partial charge in [-0.3, -0.25) is 4.79 Å². The van der Waals surface area contributed by atoms with E-state index in [2.05, 4.69) is 15.6 Å². The highest BCUT2D eigenvalue weighted by molar-refractivity contribution is 6.32. The zero-order valence-electron chi connectivity index (χ0n) is 11.1. The summed E-state index contributed by atoms with van der Waals surface area (Å²) in [7, 11) is 0. The molecule has 2 aromatic heterocycles. The number of halogens is 1. The summed E-state index contributed by atoms with van der Waals surface area (Å²) in [6.07, 6.45) is 3.83. The third kappa shape index (κ3) is 2.85. The molecule has 1 aliphatic carbocycles. The van der Waals surface area contributed by atoms with E-state index >= 15 is 0 Å². The molecule has 0 saturated heterocycles. The Morgan fingerprint density at radius 1 is 1.55 bits per heavy atom.